The van der Waals surface area contributed by atoms with Gasteiger partial charge in [0.2, 0.25) is 5.91 Å². The van der Waals surface area contributed by atoms with Crippen LogP contribution in [-0.4, -0.2) is 23.4 Å². The predicted octanol–water partition coefficient (Wildman–Crippen LogP) is 1.69. The minimum Gasteiger partial charge on any atom is -0.340 e. The van der Waals surface area contributed by atoms with E-state index in [-0.39, 0.29) is 5.91 Å². The van der Waals surface area contributed by atoms with Crippen LogP contribution in [-0.2, 0) is 11.3 Å². The van der Waals surface area contributed by atoms with E-state index in [4.69, 9.17) is 5.73 Å². The Bertz CT molecular complexity index is 380. The van der Waals surface area contributed by atoms with E-state index in [0.717, 1.165) is 5.56 Å². The summed E-state index contributed by atoms with van der Waals surface area (Å²) in [5, 5.41) is 0. The highest BCUT2D eigenvalue weighted by atomic mass is 16.2. The smallest absolute Gasteiger partial charge is 0.242 e. The van der Waals surface area contributed by atoms with Gasteiger partial charge in [0.1, 0.15) is 0 Å². The Balaban J connectivity index is 2.72. The van der Waals surface area contributed by atoms with E-state index in [0.29, 0.717) is 6.54 Å². The van der Waals surface area contributed by atoms with Gasteiger partial charge in [-0.2, -0.15) is 0 Å². The third-order valence-electron chi connectivity index (χ3n) is 2.40. The van der Waals surface area contributed by atoms with Crippen molar-refractivity contribution < 1.29 is 4.79 Å². The molecular weight excluding hydrogens is 200 g/mol. The molecule has 0 fully saturated rings. The SMILES string of the molecule is Cc1cccc(CN(C)C(=O)C(C)(C)N)c1. The summed E-state index contributed by atoms with van der Waals surface area (Å²) in [5.41, 5.74) is 7.29. The van der Waals surface area contributed by atoms with E-state index in [1.54, 1.807) is 25.8 Å². The molecule has 1 aromatic carbocycles. The minimum absolute atomic E-state index is 0.0472. The maximum atomic E-state index is 11.9. The molecule has 0 saturated carbocycles. The van der Waals surface area contributed by atoms with Crippen LogP contribution in [0.4, 0.5) is 0 Å². The second kappa shape index (κ2) is 4.66. The molecule has 0 aromatic heterocycles. The molecule has 2 N–H and O–H groups in total. The van der Waals surface area contributed by atoms with Crippen molar-refractivity contribution in [3.8, 4) is 0 Å². The molecule has 3 heteroatoms. The summed E-state index contributed by atoms with van der Waals surface area (Å²) in [4.78, 5) is 13.5. The molecule has 0 spiro atoms. The molecule has 16 heavy (non-hydrogen) atoms. The first-order chi connectivity index (χ1) is 7.30. The molecule has 0 bridgehead atoms. The van der Waals surface area contributed by atoms with E-state index >= 15 is 0 Å². The van der Waals surface area contributed by atoms with Gasteiger partial charge >= 0.3 is 0 Å². The minimum atomic E-state index is -0.807. The van der Waals surface area contributed by atoms with Gasteiger partial charge in [-0.25, -0.2) is 0 Å². The number of amides is 1. The molecular formula is C13H20N2O. The molecule has 0 aliphatic heterocycles. The van der Waals surface area contributed by atoms with Crippen molar-refractivity contribution in [1.29, 1.82) is 0 Å². The summed E-state index contributed by atoms with van der Waals surface area (Å²) in [6.07, 6.45) is 0. The average Bonchev–Trinajstić information content (AvgIpc) is 2.15. The highest BCUT2D eigenvalue weighted by molar-refractivity contribution is 5.84. The summed E-state index contributed by atoms with van der Waals surface area (Å²) >= 11 is 0. The monoisotopic (exact) mass is 220 g/mol. The third-order valence-corrected chi connectivity index (χ3v) is 2.40. The Kier molecular flexibility index (Phi) is 3.70. The summed E-state index contributed by atoms with van der Waals surface area (Å²) in [7, 11) is 1.78. The molecule has 1 amide bonds. The van der Waals surface area contributed by atoms with Crippen LogP contribution in [0.3, 0.4) is 0 Å². The van der Waals surface area contributed by atoms with Gasteiger partial charge in [-0.05, 0) is 26.3 Å². The first-order valence-corrected chi connectivity index (χ1v) is 5.40. The lowest BCUT2D eigenvalue weighted by Crippen LogP contribution is -2.49. The van der Waals surface area contributed by atoms with Crippen LogP contribution in [0, 0.1) is 6.92 Å². The molecule has 0 unspecified atom stereocenters. The van der Waals surface area contributed by atoms with Gasteiger partial charge in [0.05, 0.1) is 5.54 Å². The largest absolute Gasteiger partial charge is 0.340 e. The number of carbonyl (C=O) groups is 1. The lowest BCUT2D eigenvalue weighted by Gasteiger charge is -2.26. The Labute approximate surface area is 97.2 Å². The van der Waals surface area contributed by atoms with E-state index in [1.165, 1.54) is 5.56 Å². The number of hydrogen-bond acceptors (Lipinski definition) is 2. The van der Waals surface area contributed by atoms with Crippen LogP contribution < -0.4 is 5.73 Å². The number of nitrogens with zero attached hydrogens (tertiary/aromatic N) is 1. The molecule has 0 radical (unpaired) electrons. The van der Waals surface area contributed by atoms with E-state index in [9.17, 15) is 4.79 Å². The van der Waals surface area contributed by atoms with E-state index < -0.39 is 5.54 Å². The highest BCUT2D eigenvalue weighted by Crippen LogP contribution is 2.09. The van der Waals surface area contributed by atoms with Crippen molar-refractivity contribution in [1.82, 2.24) is 4.90 Å². The van der Waals surface area contributed by atoms with Crippen molar-refractivity contribution in [2.24, 2.45) is 5.73 Å². The van der Waals surface area contributed by atoms with Crippen molar-refractivity contribution in [3.63, 3.8) is 0 Å². The zero-order chi connectivity index (χ0) is 12.3. The highest BCUT2D eigenvalue weighted by Gasteiger charge is 2.25. The lowest BCUT2D eigenvalue weighted by atomic mass is 10.0. The number of likely N-dealkylation sites (N-methyl/N-ethyl adjacent to an activating group) is 1. The van der Waals surface area contributed by atoms with Gasteiger partial charge in [-0.15, -0.1) is 0 Å². The molecule has 1 aromatic rings. The number of aryl methyl sites for hydroxylation is 1. The third kappa shape index (κ3) is 3.35. The molecule has 0 aliphatic carbocycles. The van der Waals surface area contributed by atoms with Gasteiger partial charge in [0, 0.05) is 13.6 Å². The van der Waals surface area contributed by atoms with Crippen LogP contribution >= 0.6 is 0 Å². The molecule has 0 heterocycles. The fourth-order valence-electron chi connectivity index (χ4n) is 1.65. The van der Waals surface area contributed by atoms with E-state index in [2.05, 4.69) is 6.07 Å². The van der Waals surface area contributed by atoms with Gasteiger partial charge in [-0.3, -0.25) is 4.79 Å². The molecule has 1 rings (SSSR count). The van der Waals surface area contributed by atoms with Gasteiger partial charge < -0.3 is 10.6 Å². The van der Waals surface area contributed by atoms with E-state index in [1.807, 2.05) is 25.1 Å². The predicted molar refractivity (Wildman–Crippen MR) is 65.9 cm³/mol. The summed E-state index contributed by atoms with van der Waals surface area (Å²) in [6, 6.07) is 8.13. The zero-order valence-corrected chi connectivity index (χ0v) is 10.4. The van der Waals surface area contributed by atoms with Crippen molar-refractivity contribution in [3.05, 3.63) is 35.4 Å². The number of rotatable bonds is 3. The fourth-order valence-corrected chi connectivity index (χ4v) is 1.65. The van der Waals surface area contributed by atoms with Crippen LogP contribution in [0.25, 0.3) is 0 Å². The number of carbonyl (C=O) groups excluding carboxylic acids is 1. The molecule has 0 saturated heterocycles. The van der Waals surface area contributed by atoms with Crippen LogP contribution in [0.2, 0.25) is 0 Å². The zero-order valence-electron chi connectivity index (χ0n) is 10.4. The Morgan fingerprint density at radius 3 is 2.56 bits per heavy atom. The number of nitrogens with two attached hydrogens (primary N) is 1. The van der Waals surface area contributed by atoms with Gasteiger partial charge in [0.15, 0.2) is 0 Å². The summed E-state index contributed by atoms with van der Waals surface area (Å²) in [5.74, 6) is -0.0472. The van der Waals surface area contributed by atoms with Crippen molar-refractivity contribution in [2.75, 3.05) is 7.05 Å². The topological polar surface area (TPSA) is 46.3 Å². The quantitative estimate of drug-likeness (QED) is 0.842. The fraction of sp³-hybridized carbons (Fsp3) is 0.462. The molecule has 88 valence electrons. The summed E-state index contributed by atoms with van der Waals surface area (Å²) in [6.45, 7) is 6.09. The Morgan fingerprint density at radius 2 is 2.06 bits per heavy atom. The normalized spacial score (nSPS) is 11.3. The van der Waals surface area contributed by atoms with Gasteiger partial charge in [-0.1, -0.05) is 29.8 Å². The average molecular weight is 220 g/mol. The maximum Gasteiger partial charge on any atom is 0.242 e. The second-order valence-corrected chi connectivity index (χ2v) is 4.87. The molecule has 0 aliphatic rings. The number of hydrogen-bond donors (Lipinski definition) is 1. The Morgan fingerprint density at radius 1 is 1.44 bits per heavy atom. The van der Waals surface area contributed by atoms with Crippen LogP contribution in [0.5, 0.6) is 0 Å². The second-order valence-electron chi connectivity index (χ2n) is 4.87. The molecule has 3 nitrogen and oxygen atoms in total. The maximum absolute atomic E-state index is 11.9. The Hall–Kier alpha value is -1.35. The summed E-state index contributed by atoms with van der Waals surface area (Å²) < 4.78 is 0. The van der Waals surface area contributed by atoms with Crippen LogP contribution in [0.15, 0.2) is 24.3 Å². The van der Waals surface area contributed by atoms with Crippen LogP contribution in [0.1, 0.15) is 25.0 Å². The van der Waals surface area contributed by atoms with Crippen molar-refractivity contribution >= 4 is 5.91 Å². The standard InChI is InChI=1S/C13H20N2O/c1-10-6-5-7-11(8-10)9-15(4)12(16)13(2,3)14/h5-8H,9,14H2,1-4H3. The first-order valence-electron chi connectivity index (χ1n) is 5.40. The van der Waals surface area contributed by atoms with Gasteiger partial charge in [0.25, 0.3) is 0 Å². The first kappa shape index (κ1) is 12.7. The van der Waals surface area contributed by atoms with Crippen molar-refractivity contribution in [2.45, 2.75) is 32.9 Å². The molecule has 0 atom stereocenters. The lowest BCUT2D eigenvalue weighted by molar-refractivity contribution is -0.134. The number of benzene rings is 1.